The molecular weight excluding hydrogens is 174 g/mol. The Labute approximate surface area is 72.2 Å². The van der Waals surface area contributed by atoms with Crippen molar-refractivity contribution < 1.29 is 36.3 Å². The van der Waals surface area contributed by atoms with Crippen molar-refractivity contribution in [2.45, 2.75) is 0 Å². The Morgan fingerprint density at radius 1 is 1.44 bits per heavy atom. The zero-order valence-corrected chi connectivity index (χ0v) is 6.86. The monoisotopic (exact) mass is 179 g/mol. The smallest absolute Gasteiger partial charge is 0.144 e. The van der Waals surface area contributed by atoms with E-state index in [1.165, 1.54) is 17.7 Å². The molecule has 0 amide bonds. The molecule has 0 aromatic carbocycles. The van der Waals surface area contributed by atoms with Crippen molar-refractivity contribution in [2.24, 2.45) is 0 Å². The van der Waals surface area contributed by atoms with Crippen LogP contribution in [0.5, 0.6) is 0 Å². The number of quaternary nitrogens is 1. The maximum Gasteiger partial charge on any atom is 0.144 e. The minimum absolute atomic E-state index is 0. The summed E-state index contributed by atoms with van der Waals surface area (Å²) in [5, 5.41) is 18.8. The summed E-state index contributed by atoms with van der Waals surface area (Å²) in [6.45, 7) is 0. The van der Waals surface area contributed by atoms with Crippen LogP contribution in [0.3, 0.4) is 0 Å². The third-order valence-electron chi connectivity index (χ3n) is 0.641. The standard InChI is InChI=1S/C4H5NO2S.Ti/c6-5(7)3-1-2-4-8-5;/h1,3-4,6-7H;. The first kappa shape index (κ1) is 9.42. The third kappa shape index (κ3) is 3.20. The van der Waals surface area contributed by atoms with Crippen LogP contribution >= 0.6 is 11.9 Å². The van der Waals surface area contributed by atoms with Crippen LogP contribution < -0.4 is 0 Å². The second-order valence-corrected chi connectivity index (χ2v) is 2.28. The topological polar surface area (TPSA) is 40.5 Å². The van der Waals surface area contributed by atoms with E-state index in [9.17, 15) is 0 Å². The minimum atomic E-state index is -1.13. The Balaban J connectivity index is 0.000000640. The van der Waals surface area contributed by atoms with Gasteiger partial charge in [0.05, 0.1) is 0 Å². The average molecular weight is 179 g/mol. The van der Waals surface area contributed by atoms with Gasteiger partial charge in [0.15, 0.2) is 0 Å². The van der Waals surface area contributed by atoms with Crippen molar-refractivity contribution in [3.8, 4) is 0 Å². The third-order valence-corrected chi connectivity index (χ3v) is 1.31. The van der Waals surface area contributed by atoms with E-state index in [4.69, 9.17) is 10.4 Å². The second kappa shape index (κ2) is 3.56. The van der Waals surface area contributed by atoms with E-state index in [-0.39, 0.29) is 21.7 Å². The van der Waals surface area contributed by atoms with E-state index in [0.29, 0.717) is 0 Å². The number of hydrogen-bond acceptors (Lipinski definition) is 3. The number of allylic oxidation sites excluding steroid dienone is 2. The number of nitrogens with zero attached hydrogens (tertiary/aromatic N) is 1. The van der Waals surface area contributed by atoms with E-state index in [2.05, 4.69) is 6.08 Å². The van der Waals surface area contributed by atoms with E-state index in [1.54, 1.807) is 0 Å². The van der Waals surface area contributed by atoms with E-state index in [0.717, 1.165) is 11.9 Å². The zero-order valence-electron chi connectivity index (χ0n) is 4.48. The molecule has 0 aromatic rings. The molecule has 3 nitrogen and oxygen atoms in total. The van der Waals surface area contributed by atoms with Crippen molar-refractivity contribution in [1.82, 2.24) is 0 Å². The first-order valence-corrected chi connectivity index (χ1v) is 2.82. The molecule has 0 saturated carbocycles. The van der Waals surface area contributed by atoms with Crippen LogP contribution in [0.4, 0.5) is 0 Å². The predicted molar refractivity (Wildman–Crippen MR) is 28.4 cm³/mol. The Kier molecular flexibility index (Phi) is 3.73. The van der Waals surface area contributed by atoms with Gasteiger partial charge >= 0.3 is 0 Å². The summed E-state index contributed by atoms with van der Waals surface area (Å²) in [6, 6.07) is 0. The SMILES string of the molecule is O[N+]1(O)C=C[C-]=CS1.[Ti]. The van der Waals surface area contributed by atoms with Crippen LogP contribution in [-0.2, 0) is 21.7 Å². The molecule has 2 N–H and O–H groups in total. The van der Waals surface area contributed by atoms with Gasteiger partial charge in [0, 0.05) is 27.9 Å². The van der Waals surface area contributed by atoms with Gasteiger partial charge in [0.2, 0.25) is 0 Å². The number of rotatable bonds is 0. The molecule has 0 aliphatic carbocycles. The van der Waals surface area contributed by atoms with Gasteiger partial charge in [-0.1, -0.05) is 5.41 Å². The first-order chi connectivity index (χ1) is 3.71. The van der Waals surface area contributed by atoms with Crippen molar-refractivity contribution in [3.63, 3.8) is 0 Å². The molecule has 1 aliphatic rings. The molecule has 0 fully saturated rings. The predicted octanol–water partition coefficient (Wildman–Crippen LogP) is 1.07. The molecule has 0 spiro atoms. The van der Waals surface area contributed by atoms with Gasteiger partial charge in [-0.15, -0.1) is 0 Å². The number of hydrogen-bond donors (Lipinski definition) is 2. The largest absolute Gasteiger partial charge is 0.233 e. The Morgan fingerprint density at radius 3 is 2.33 bits per heavy atom. The molecule has 0 aromatic heterocycles. The summed E-state index contributed by atoms with van der Waals surface area (Å²) < 4.78 is -1.13. The normalized spacial score (nSPS) is 21.1. The second-order valence-electron chi connectivity index (χ2n) is 1.29. The van der Waals surface area contributed by atoms with Crippen molar-refractivity contribution >= 4 is 11.9 Å². The fourth-order valence-electron chi connectivity index (χ4n) is 0.323. The minimum Gasteiger partial charge on any atom is -0.233 e. The average Bonchev–Trinajstić information content (AvgIpc) is 1.65. The maximum absolute atomic E-state index is 8.67. The summed E-state index contributed by atoms with van der Waals surface area (Å²) in [5.41, 5.74) is 0. The van der Waals surface area contributed by atoms with Gasteiger partial charge in [-0.25, -0.2) is 6.08 Å². The van der Waals surface area contributed by atoms with Crippen molar-refractivity contribution in [3.05, 3.63) is 23.8 Å². The maximum atomic E-state index is 8.67. The van der Waals surface area contributed by atoms with Gasteiger partial charge in [-0.3, -0.25) is 0 Å². The molecule has 0 bridgehead atoms. The summed E-state index contributed by atoms with van der Waals surface area (Å²) in [4.78, 5) is 0. The van der Waals surface area contributed by atoms with E-state index < -0.39 is 4.21 Å². The van der Waals surface area contributed by atoms with Crippen LogP contribution in [0.2, 0.25) is 0 Å². The Bertz CT molecular complexity index is 146. The van der Waals surface area contributed by atoms with E-state index in [1.807, 2.05) is 0 Å². The molecule has 48 valence electrons. The van der Waals surface area contributed by atoms with Crippen LogP contribution in [0.25, 0.3) is 0 Å². The van der Waals surface area contributed by atoms with Crippen molar-refractivity contribution in [2.75, 3.05) is 0 Å². The van der Waals surface area contributed by atoms with Gasteiger partial charge in [-0.05, 0) is 4.21 Å². The number of hydroxylamine groups is 2. The molecule has 0 unspecified atom stereocenters. The molecule has 1 heterocycles. The van der Waals surface area contributed by atoms with Gasteiger partial charge in [0.1, 0.15) is 11.9 Å². The van der Waals surface area contributed by atoms with E-state index >= 15 is 0 Å². The molecule has 0 saturated heterocycles. The van der Waals surface area contributed by atoms with Crippen LogP contribution in [-0.4, -0.2) is 14.6 Å². The quantitative estimate of drug-likeness (QED) is 0.253. The van der Waals surface area contributed by atoms with Crippen LogP contribution in [0.1, 0.15) is 0 Å². The molecular formula is C4H5NO2STi. The van der Waals surface area contributed by atoms with Crippen molar-refractivity contribution in [1.29, 1.82) is 0 Å². The Morgan fingerprint density at radius 2 is 2.11 bits per heavy atom. The zero-order chi connectivity index (χ0) is 6.04. The van der Waals surface area contributed by atoms with Crippen LogP contribution in [0.15, 0.2) is 17.7 Å². The molecule has 0 radical (unpaired) electrons. The molecule has 5 heteroatoms. The van der Waals surface area contributed by atoms with Gasteiger partial charge < -0.3 is 0 Å². The van der Waals surface area contributed by atoms with Gasteiger partial charge in [-0.2, -0.15) is 16.5 Å². The molecule has 9 heavy (non-hydrogen) atoms. The fourth-order valence-corrected chi connectivity index (χ4v) is 0.748. The summed E-state index contributed by atoms with van der Waals surface area (Å²) >= 11 is 0.846. The Hall–Kier alpha value is 0.424. The van der Waals surface area contributed by atoms with Gasteiger partial charge in [0.25, 0.3) is 0 Å². The molecule has 1 rings (SSSR count). The molecule has 1 aliphatic heterocycles. The molecule has 0 atom stereocenters. The van der Waals surface area contributed by atoms with Crippen LogP contribution in [0, 0.1) is 6.08 Å². The summed E-state index contributed by atoms with van der Waals surface area (Å²) in [7, 11) is 0. The summed E-state index contributed by atoms with van der Waals surface area (Å²) in [5.74, 6) is 0. The fraction of sp³-hybridized carbons (Fsp3) is 0. The summed E-state index contributed by atoms with van der Waals surface area (Å²) in [6.07, 6.45) is 5.30. The first-order valence-electron chi connectivity index (χ1n) is 1.99.